The number of rotatable bonds is 4. The Kier molecular flexibility index (Phi) is 4.47. The maximum absolute atomic E-state index is 12.0. The molecule has 156 valence electrons. The molecule has 5 rings (SSSR count). The average Bonchev–Trinajstić information content (AvgIpc) is 3.34. The van der Waals surface area contributed by atoms with Crippen molar-refractivity contribution in [3.63, 3.8) is 0 Å². The third-order valence-electron chi connectivity index (χ3n) is 5.54. The molecule has 0 unspecified atom stereocenters. The van der Waals surface area contributed by atoms with Gasteiger partial charge in [-0.15, -0.1) is 0 Å². The van der Waals surface area contributed by atoms with Gasteiger partial charge in [0.05, 0.1) is 7.11 Å². The summed E-state index contributed by atoms with van der Waals surface area (Å²) in [6, 6.07) is 9.44. The van der Waals surface area contributed by atoms with E-state index in [2.05, 4.69) is 9.98 Å². The van der Waals surface area contributed by atoms with E-state index in [1.165, 1.54) is 0 Å². The molecule has 0 spiro atoms. The molecular formula is C23H19N3O5. The van der Waals surface area contributed by atoms with E-state index >= 15 is 0 Å². The third-order valence-corrected chi connectivity index (χ3v) is 5.54. The van der Waals surface area contributed by atoms with Crippen LogP contribution in [0.5, 0.6) is 11.5 Å². The molecule has 1 aromatic carbocycles. The molecule has 2 aliphatic heterocycles. The molecule has 4 heterocycles. The number of carbonyl (C=O) groups is 1. The van der Waals surface area contributed by atoms with Crippen LogP contribution in [-0.4, -0.2) is 41.0 Å². The van der Waals surface area contributed by atoms with Crippen molar-refractivity contribution in [1.82, 2.24) is 4.98 Å². The van der Waals surface area contributed by atoms with Gasteiger partial charge in [0.2, 0.25) is 5.88 Å². The summed E-state index contributed by atoms with van der Waals surface area (Å²) >= 11 is 0. The number of hydrogen-bond donors (Lipinski definition) is 2. The Bertz CT molecular complexity index is 1260. The molecule has 3 aromatic rings. The van der Waals surface area contributed by atoms with Crippen LogP contribution in [0, 0.1) is 0 Å². The maximum Gasteiger partial charge on any atom is 0.345 e. The van der Waals surface area contributed by atoms with Crippen LogP contribution in [0.4, 0.5) is 11.7 Å². The molecule has 0 atom stereocenters. The molecule has 2 aromatic heterocycles. The van der Waals surface area contributed by atoms with Crippen molar-refractivity contribution in [2.45, 2.75) is 13.0 Å². The van der Waals surface area contributed by atoms with Crippen molar-refractivity contribution in [2.75, 3.05) is 18.6 Å². The van der Waals surface area contributed by atoms with E-state index in [0.29, 0.717) is 30.9 Å². The number of carboxylic acid groups (broad SMARTS) is 1. The first-order chi connectivity index (χ1) is 15.1. The molecule has 0 radical (unpaired) electrons. The highest BCUT2D eigenvalue weighted by Gasteiger charge is 2.31. The number of hydrogen-bond acceptors (Lipinski definition) is 7. The highest BCUT2D eigenvalue weighted by molar-refractivity contribution is 6.21. The van der Waals surface area contributed by atoms with Crippen LogP contribution in [0.25, 0.3) is 11.6 Å². The molecule has 8 heteroatoms. The van der Waals surface area contributed by atoms with E-state index in [9.17, 15) is 15.0 Å². The second-order valence-electron chi connectivity index (χ2n) is 7.30. The van der Waals surface area contributed by atoms with Crippen LogP contribution in [0.3, 0.4) is 0 Å². The number of methoxy groups -OCH3 is 1. The van der Waals surface area contributed by atoms with E-state index in [-0.39, 0.29) is 17.2 Å². The first-order valence-corrected chi connectivity index (χ1v) is 9.76. The number of pyridine rings is 1. The Labute approximate surface area is 177 Å². The van der Waals surface area contributed by atoms with E-state index in [0.717, 1.165) is 22.4 Å². The minimum Gasteiger partial charge on any atom is -0.504 e. The summed E-state index contributed by atoms with van der Waals surface area (Å²) < 4.78 is 11.3. The third kappa shape index (κ3) is 3.13. The van der Waals surface area contributed by atoms with E-state index in [4.69, 9.17) is 9.15 Å². The van der Waals surface area contributed by atoms with Crippen molar-refractivity contribution in [2.24, 2.45) is 4.99 Å². The number of anilines is 1. The number of allylic oxidation sites excluding steroid dienone is 1. The van der Waals surface area contributed by atoms with Crippen LogP contribution >= 0.6 is 0 Å². The smallest absolute Gasteiger partial charge is 0.345 e. The molecular weight excluding hydrogens is 398 g/mol. The topological polar surface area (TPSA) is 108 Å². The van der Waals surface area contributed by atoms with E-state index < -0.39 is 11.7 Å². The quantitative estimate of drug-likeness (QED) is 0.663. The second kappa shape index (κ2) is 7.32. The minimum absolute atomic E-state index is 0.0713. The van der Waals surface area contributed by atoms with Gasteiger partial charge in [-0.1, -0.05) is 12.1 Å². The molecule has 0 fully saturated rings. The van der Waals surface area contributed by atoms with Crippen LogP contribution in [0.1, 0.15) is 32.8 Å². The van der Waals surface area contributed by atoms with Crippen molar-refractivity contribution in [3.8, 4) is 11.5 Å². The Morgan fingerprint density at radius 3 is 2.97 bits per heavy atom. The van der Waals surface area contributed by atoms with E-state index in [1.54, 1.807) is 31.7 Å². The van der Waals surface area contributed by atoms with Gasteiger partial charge in [-0.25, -0.2) is 14.8 Å². The summed E-state index contributed by atoms with van der Waals surface area (Å²) in [5.41, 5.74) is 3.35. The van der Waals surface area contributed by atoms with Gasteiger partial charge in [-0.05, 0) is 36.3 Å². The van der Waals surface area contributed by atoms with Gasteiger partial charge in [-0.2, -0.15) is 0 Å². The number of aromatic carboxylic acids is 1. The molecule has 0 amide bonds. The molecule has 2 N–H and O–H groups in total. The molecule has 0 saturated heterocycles. The predicted octanol–water partition coefficient (Wildman–Crippen LogP) is 3.91. The van der Waals surface area contributed by atoms with Crippen molar-refractivity contribution < 1.29 is 24.2 Å². The number of furan rings is 1. The summed E-state index contributed by atoms with van der Waals surface area (Å²) in [7, 11) is 1.63. The van der Waals surface area contributed by atoms with Gasteiger partial charge in [0.1, 0.15) is 5.75 Å². The van der Waals surface area contributed by atoms with Gasteiger partial charge in [-0.3, -0.25) is 0 Å². The minimum atomic E-state index is -1.25. The number of ether oxygens (including phenoxy) is 1. The van der Waals surface area contributed by atoms with Crippen LogP contribution in [0.2, 0.25) is 0 Å². The standard InChI is InChI=1S/C23H19N3O5/c1-30-17-6-2-4-13-12-26(9-7-15(13)17)22-19(23(28)29)20(27)18(31-22)10-14-11-25-21-16(14)5-3-8-24-21/h2-6,8,10-11,27H,7,9,12H2,1H3,(H,28,29). The van der Waals surface area contributed by atoms with Crippen molar-refractivity contribution >= 4 is 35.5 Å². The lowest BCUT2D eigenvalue weighted by molar-refractivity contribution is 0.0694. The van der Waals surface area contributed by atoms with Gasteiger partial charge in [0, 0.05) is 42.2 Å². The Hall–Kier alpha value is -4.07. The van der Waals surface area contributed by atoms with Crippen molar-refractivity contribution in [1.29, 1.82) is 0 Å². The average molecular weight is 417 g/mol. The monoisotopic (exact) mass is 417 g/mol. The summed E-state index contributed by atoms with van der Waals surface area (Å²) in [6.07, 6.45) is 5.52. The van der Waals surface area contributed by atoms with Gasteiger partial charge in [0.15, 0.2) is 22.9 Å². The lowest BCUT2D eigenvalue weighted by Gasteiger charge is -2.29. The second-order valence-corrected chi connectivity index (χ2v) is 7.30. The number of aromatic hydroxyl groups is 1. The Balaban J connectivity index is 1.54. The lowest BCUT2D eigenvalue weighted by atomic mass is 9.98. The van der Waals surface area contributed by atoms with Crippen LogP contribution < -0.4 is 9.64 Å². The number of fused-ring (bicyclic) bond motifs is 2. The summed E-state index contributed by atoms with van der Waals surface area (Å²) in [5.74, 6) is -0.0680. The normalized spacial score (nSPS) is 15.8. The van der Waals surface area contributed by atoms with Gasteiger partial charge in [0.25, 0.3) is 0 Å². The maximum atomic E-state index is 12.0. The molecule has 0 saturated carbocycles. The Morgan fingerprint density at radius 1 is 1.29 bits per heavy atom. The number of aliphatic imine (C=N–C) groups is 1. The van der Waals surface area contributed by atoms with Gasteiger partial charge < -0.3 is 24.3 Å². The number of nitrogens with zero attached hydrogens (tertiary/aromatic N) is 3. The zero-order valence-corrected chi connectivity index (χ0v) is 16.7. The van der Waals surface area contributed by atoms with Gasteiger partial charge >= 0.3 is 5.97 Å². The summed E-state index contributed by atoms with van der Waals surface area (Å²) in [6.45, 7) is 0.981. The fourth-order valence-electron chi connectivity index (χ4n) is 4.06. The number of benzene rings is 1. The number of aromatic nitrogens is 1. The molecule has 0 aliphatic carbocycles. The van der Waals surface area contributed by atoms with Crippen molar-refractivity contribution in [3.05, 3.63) is 64.5 Å². The zero-order chi connectivity index (χ0) is 21.5. The largest absolute Gasteiger partial charge is 0.504 e. The number of carboxylic acids is 1. The summed E-state index contributed by atoms with van der Waals surface area (Å²) in [5, 5.41) is 20.4. The van der Waals surface area contributed by atoms with E-state index in [1.807, 2.05) is 29.2 Å². The predicted molar refractivity (Wildman–Crippen MR) is 115 cm³/mol. The molecule has 0 bridgehead atoms. The molecule has 2 aliphatic rings. The van der Waals surface area contributed by atoms with Crippen LogP contribution in [-0.2, 0) is 13.0 Å². The SMILES string of the molecule is COc1cccc2c1CCN(c1oc(C=C3C=Nc4ncccc43)c(O)c1C(=O)O)C2. The molecule has 31 heavy (non-hydrogen) atoms. The Morgan fingerprint density at radius 2 is 2.16 bits per heavy atom. The fraction of sp³-hybridized carbons (Fsp3) is 0.174. The first kappa shape index (κ1) is 18.9. The first-order valence-electron chi connectivity index (χ1n) is 9.76. The summed E-state index contributed by atoms with van der Waals surface area (Å²) in [4.78, 5) is 22.2. The lowest BCUT2D eigenvalue weighted by Crippen LogP contribution is -2.31. The zero-order valence-electron chi connectivity index (χ0n) is 16.7. The highest BCUT2D eigenvalue weighted by atomic mass is 16.5. The fourth-order valence-corrected chi connectivity index (χ4v) is 4.06. The molecule has 8 nitrogen and oxygen atoms in total. The van der Waals surface area contributed by atoms with Crippen LogP contribution in [0.15, 0.2) is 45.9 Å². The highest BCUT2D eigenvalue weighted by Crippen LogP contribution is 2.41.